The van der Waals surface area contributed by atoms with Crippen LogP contribution in [0.4, 0.5) is 0 Å². The van der Waals surface area contributed by atoms with E-state index in [1.54, 1.807) is 0 Å². The van der Waals surface area contributed by atoms with Crippen molar-refractivity contribution < 1.29 is 35.1 Å². The Bertz CT molecular complexity index is 1460. The summed E-state index contributed by atoms with van der Waals surface area (Å²) in [6.45, 7) is 1.83. The summed E-state index contributed by atoms with van der Waals surface area (Å²) in [5.41, 5.74) is 7.01. The van der Waals surface area contributed by atoms with E-state index in [0.717, 1.165) is 61.9 Å². The molecule has 5 rings (SSSR count). The van der Waals surface area contributed by atoms with Gasteiger partial charge >= 0.3 is 0 Å². The number of aromatic nitrogens is 1. The molecule has 10 nitrogen and oxygen atoms in total. The van der Waals surface area contributed by atoms with E-state index in [-0.39, 0.29) is 24.4 Å². The van der Waals surface area contributed by atoms with E-state index in [9.17, 15) is 25.2 Å². The number of benzene rings is 2. The van der Waals surface area contributed by atoms with Crippen LogP contribution in [0.15, 0.2) is 60.9 Å². The van der Waals surface area contributed by atoms with Gasteiger partial charge in [0.15, 0.2) is 0 Å². The monoisotopic (exact) mass is 633 g/mol. The lowest BCUT2D eigenvalue weighted by molar-refractivity contribution is -0.126. The highest BCUT2D eigenvalue weighted by Gasteiger charge is 2.46. The number of hydrogen-bond donors (Lipinski definition) is 7. The van der Waals surface area contributed by atoms with Crippen molar-refractivity contribution >= 4 is 5.91 Å². The van der Waals surface area contributed by atoms with Gasteiger partial charge in [-0.3, -0.25) is 9.78 Å². The zero-order valence-electron chi connectivity index (χ0n) is 26.4. The number of aliphatic hydroxyl groups excluding tert-OH is 5. The molecule has 7 N–H and O–H groups in total. The van der Waals surface area contributed by atoms with Crippen LogP contribution in [0.2, 0.25) is 0 Å². The quantitative estimate of drug-likeness (QED) is 0.104. The molecule has 46 heavy (non-hydrogen) atoms. The Morgan fingerprint density at radius 3 is 2.50 bits per heavy atom. The highest BCUT2D eigenvalue weighted by atomic mass is 16.5. The molecule has 0 unspecified atom stereocenters. The highest BCUT2D eigenvalue weighted by molar-refractivity contribution is 5.76. The molecule has 0 aliphatic heterocycles. The number of amides is 1. The number of carbonyl (C=O) groups excluding carboxylic acids is 1. The number of unbranched alkanes of at least 4 members (excludes halogenated alkanes) is 1. The van der Waals surface area contributed by atoms with Gasteiger partial charge in [-0.05, 0) is 91.8 Å². The topological polar surface area (TPSA) is 164 Å². The molecule has 0 radical (unpaired) electrons. The van der Waals surface area contributed by atoms with Gasteiger partial charge in [0.1, 0.15) is 24.1 Å². The summed E-state index contributed by atoms with van der Waals surface area (Å²) in [4.78, 5) is 16.8. The molecule has 1 amide bonds. The molecule has 2 fully saturated rings. The van der Waals surface area contributed by atoms with Crippen LogP contribution in [-0.2, 0) is 23.3 Å². The second kappa shape index (κ2) is 15.5. The third kappa shape index (κ3) is 8.70. The first-order valence-corrected chi connectivity index (χ1v) is 16.3. The van der Waals surface area contributed by atoms with Gasteiger partial charge in [-0.15, -0.1) is 0 Å². The second-order valence-electron chi connectivity index (χ2n) is 12.7. The SMILES string of the molecule is Cc1ccc(CCCCC(=O)NC[C@H](O)[C@@H](O)[C@H](O)[C@H](O)CO)cc1CNC1(c2cnccc2-c2ccccc2OC2CC2)CC1. The first kappa shape index (κ1) is 34.0. The average molecular weight is 634 g/mol. The Morgan fingerprint density at radius 1 is 1.00 bits per heavy atom. The van der Waals surface area contributed by atoms with Crippen molar-refractivity contribution in [3.63, 3.8) is 0 Å². The highest BCUT2D eigenvalue weighted by Crippen LogP contribution is 2.50. The van der Waals surface area contributed by atoms with E-state index in [2.05, 4.69) is 65.0 Å². The normalized spacial score (nSPS) is 18.0. The van der Waals surface area contributed by atoms with Crippen molar-refractivity contribution in [3.05, 3.63) is 83.2 Å². The van der Waals surface area contributed by atoms with Gasteiger partial charge < -0.3 is 40.9 Å². The smallest absolute Gasteiger partial charge is 0.220 e. The average Bonchev–Trinajstić information content (AvgIpc) is 4.02. The predicted molar refractivity (Wildman–Crippen MR) is 174 cm³/mol. The van der Waals surface area contributed by atoms with Crippen molar-refractivity contribution in [2.45, 2.75) is 101 Å². The summed E-state index contributed by atoms with van der Waals surface area (Å²) < 4.78 is 6.25. The molecule has 2 saturated carbocycles. The van der Waals surface area contributed by atoms with Crippen molar-refractivity contribution in [1.82, 2.24) is 15.6 Å². The van der Waals surface area contributed by atoms with Crippen LogP contribution < -0.4 is 15.4 Å². The van der Waals surface area contributed by atoms with Gasteiger partial charge in [0.05, 0.1) is 18.8 Å². The Balaban J connectivity index is 1.12. The lowest BCUT2D eigenvalue weighted by atomic mass is 9.94. The summed E-state index contributed by atoms with van der Waals surface area (Å²) in [5, 5.41) is 54.3. The number of nitrogens with zero attached hydrogens (tertiary/aromatic N) is 1. The molecule has 2 aliphatic carbocycles. The number of hydrogen-bond acceptors (Lipinski definition) is 9. The van der Waals surface area contributed by atoms with Crippen LogP contribution in [0, 0.1) is 6.92 Å². The molecule has 1 aromatic heterocycles. The van der Waals surface area contributed by atoms with Crippen LogP contribution in [0.1, 0.15) is 67.2 Å². The third-order valence-electron chi connectivity index (χ3n) is 9.07. The number of aryl methyl sites for hydroxylation is 2. The summed E-state index contributed by atoms with van der Waals surface area (Å²) in [7, 11) is 0. The zero-order valence-corrected chi connectivity index (χ0v) is 26.4. The molecule has 0 spiro atoms. The first-order valence-electron chi connectivity index (χ1n) is 16.3. The van der Waals surface area contributed by atoms with Crippen molar-refractivity contribution in [3.8, 4) is 16.9 Å². The fourth-order valence-corrected chi connectivity index (χ4v) is 5.78. The van der Waals surface area contributed by atoms with Gasteiger partial charge in [-0.25, -0.2) is 0 Å². The maximum atomic E-state index is 12.2. The number of pyridine rings is 1. The Hall–Kier alpha value is -3.38. The van der Waals surface area contributed by atoms with Gasteiger partial charge in [-0.1, -0.05) is 36.4 Å². The van der Waals surface area contributed by atoms with Crippen molar-refractivity contribution in [1.29, 1.82) is 0 Å². The molecule has 1 heterocycles. The molecule has 248 valence electrons. The number of para-hydroxylation sites is 1. The number of aliphatic hydroxyl groups is 5. The Morgan fingerprint density at radius 2 is 1.76 bits per heavy atom. The minimum Gasteiger partial charge on any atom is -0.490 e. The van der Waals surface area contributed by atoms with Crippen molar-refractivity contribution in [2.24, 2.45) is 0 Å². The van der Waals surface area contributed by atoms with Crippen molar-refractivity contribution in [2.75, 3.05) is 13.2 Å². The number of carbonyl (C=O) groups is 1. The van der Waals surface area contributed by atoms with E-state index in [1.165, 1.54) is 22.3 Å². The minimum atomic E-state index is -1.72. The molecular formula is C36H47N3O7. The fraction of sp³-hybridized carbons (Fsp3) is 0.500. The summed E-state index contributed by atoms with van der Waals surface area (Å²) in [6, 6.07) is 16.9. The van der Waals surface area contributed by atoms with Gasteiger partial charge in [0.2, 0.25) is 5.91 Å². The number of nitrogens with one attached hydrogen (secondary N) is 2. The molecule has 2 aromatic carbocycles. The second-order valence-corrected chi connectivity index (χ2v) is 12.7. The van der Waals surface area contributed by atoms with E-state index in [1.807, 2.05) is 18.5 Å². The summed E-state index contributed by atoms with van der Waals surface area (Å²) in [5.74, 6) is 0.656. The van der Waals surface area contributed by atoms with E-state index in [4.69, 9.17) is 9.84 Å². The van der Waals surface area contributed by atoms with Gasteiger partial charge in [0.25, 0.3) is 0 Å². The number of ether oxygens (including phenoxy) is 1. The lowest BCUT2D eigenvalue weighted by Crippen LogP contribution is -2.49. The maximum absolute atomic E-state index is 12.2. The van der Waals surface area contributed by atoms with Gasteiger partial charge in [0, 0.05) is 43.0 Å². The number of rotatable bonds is 18. The van der Waals surface area contributed by atoms with Crippen LogP contribution in [0.3, 0.4) is 0 Å². The molecule has 4 atom stereocenters. The van der Waals surface area contributed by atoms with E-state index < -0.39 is 31.0 Å². The molecule has 3 aromatic rings. The summed E-state index contributed by atoms with van der Waals surface area (Å²) >= 11 is 0. The lowest BCUT2D eigenvalue weighted by Gasteiger charge is -2.25. The zero-order chi connectivity index (χ0) is 32.7. The van der Waals surface area contributed by atoms with E-state index >= 15 is 0 Å². The van der Waals surface area contributed by atoms with E-state index in [0.29, 0.717) is 12.5 Å². The Kier molecular flexibility index (Phi) is 11.4. The van der Waals surface area contributed by atoms with Crippen LogP contribution in [-0.4, -0.2) is 80.1 Å². The fourth-order valence-electron chi connectivity index (χ4n) is 5.78. The third-order valence-corrected chi connectivity index (χ3v) is 9.07. The molecular weight excluding hydrogens is 586 g/mol. The minimum absolute atomic E-state index is 0.133. The first-order chi connectivity index (χ1) is 22.2. The molecule has 2 aliphatic rings. The molecule has 0 bridgehead atoms. The van der Waals surface area contributed by atoms with Crippen LogP contribution in [0.5, 0.6) is 5.75 Å². The Labute approximate surface area is 270 Å². The largest absolute Gasteiger partial charge is 0.490 e. The molecule has 10 heteroatoms. The summed E-state index contributed by atoms with van der Waals surface area (Å²) in [6.07, 6.45) is 4.54. The van der Waals surface area contributed by atoms with Gasteiger partial charge in [-0.2, -0.15) is 0 Å². The maximum Gasteiger partial charge on any atom is 0.220 e. The standard InChI is InChI=1S/C36H47N3O7/c1-23-10-11-24(6-2-5-9-33(43)38-21-30(41)34(44)35(45)31(42)22-40)18-25(23)19-39-36(15-16-36)29-20-37-17-14-27(29)28-7-3-4-8-32(28)46-26-12-13-26/h3-4,7-8,10-11,14,17-18,20,26,30-31,34-35,39-42,44-45H,2,5-6,9,12-13,15-16,19,21-22H2,1H3,(H,38,43)/t30-,31+,34+,35+/m0/s1. The molecule has 0 saturated heterocycles. The van der Waals surface area contributed by atoms with Crippen LogP contribution in [0.25, 0.3) is 11.1 Å². The van der Waals surface area contributed by atoms with Crippen LogP contribution >= 0.6 is 0 Å². The predicted octanol–water partition coefficient (Wildman–Crippen LogP) is 2.64.